The van der Waals surface area contributed by atoms with Crippen LogP contribution in [0.2, 0.25) is 0 Å². The van der Waals surface area contributed by atoms with Gasteiger partial charge in [-0.3, -0.25) is 0 Å². The molecule has 0 saturated heterocycles. The van der Waals surface area contributed by atoms with Crippen molar-refractivity contribution in [2.24, 2.45) is 0 Å². The zero-order valence-electron chi connectivity index (χ0n) is 14.2. The quantitative estimate of drug-likeness (QED) is 0.833. The molecular weight excluding hydrogens is 316 g/mol. The molecule has 1 N–H and O–H groups in total. The van der Waals surface area contributed by atoms with E-state index in [1.807, 2.05) is 6.07 Å². The van der Waals surface area contributed by atoms with Crippen molar-refractivity contribution in [3.63, 3.8) is 0 Å². The summed E-state index contributed by atoms with van der Waals surface area (Å²) >= 11 is 0. The number of halogens is 2. The monoisotopic (exact) mass is 337 g/mol. The minimum atomic E-state index is -0.469. The molecule has 2 rings (SSSR count). The Morgan fingerprint density at radius 2 is 1.67 bits per heavy atom. The van der Waals surface area contributed by atoms with Crippen molar-refractivity contribution in [1.82, 2.24) is 5.32 Å². The molecule has 6 heteroatoms. The van der Waals surface area contributed by atoms with Crippen LogP contribution < -0.4 is 19.5 Å². The Morgan fingerprint density at radius 3 is 2.29 bits per heavy atom. The molecule has 0 aliphatic rings. The molecule has 2 aromatic carbocycles. The van der Waals surface area contributed by atoms with Crippen LogP contribution in [0, 0.1) is 11.6 Å². The van der Waals surface area contributed by atoms with Crippen LogP contribution in [0.15, 0.2) is 30.3 Å². The molecule has 4 nitrogen and oxygen atoms in total. The molecule has 0 spiro atoms. The summed E-state index contributed by atoms with van der Waals surface area (Å²) in [6.07, 6.45) is 0. The molecule has 0 amide bonds. The van der Waals surface area contributed by atoms with Crippen LogP contribution in [0.4, 0.5) is 8.78 Å². The zero-order valence-corrected chi connectivity index (χ0v) is 14.2. The number of hydrogen-bond acceptors (Lipinski definition) is 4. The van der Waals surface area contributed by atoms with E-state index in [1.165, 1.54) is 20.3 Å². The van der Waals surface area contributed by atoms with Gasteiger partial charge in [-0.15, -0.1) is 0 Å². The second-order valence-electron chi connectivity index (χ2n) is 5.26. The Hall–Kier alpha value is -2.34. The molecule has 0 fully saturated rings. The van der Waals surface area contributed by atoms with Crippen LogP contribution in [0.1, 0.15) is 24.1 Å². The van der Waals surface area contributed by atoms with E-state index in [2.05, 4.69) is 5.32 Å². The van der Waals surface area contributed by atoms with E-state index in [-0.39, 0.29) is 11.6 Å². The highest BCUT2D eigenvalue weighted by Crippen LogP contribution is 2.39. The lowest BCUT2D eigenvalue weighted by atomic mass is 10.1. The van der Waals surface area contributed by atoms with E-state index in [0.717, 1.165) is 17.7 Å². The molecule has 0 bridgehead atoms. The Bertz CT molecular complexity index is 707. The second kappa shape index (κ2) is 7.97. The number of methoxy groups -OCH3 is 3. The highest BCUT2D eigenvalue weighted by atomic mass is 19.1. The van der Waals surface area contributed by atoms with Gasteiger partial charge >= 0.3 is 0 Å². The smallest absolute Gasteiger partial charge is 0.203 e. The fraction of sp³-hybridized carbons (Fsp3) is 0.333. The van der Waals surface area contributed by atoms with Gasteiger partial charge in [-0.25, -0.2) is 8.78 Å². The Kier molecular flexibility index (Phi) is 5.98. The molecule has 2 aromatic rings. The van der Waals surface area contributed by atoms with Gasteiger partial charge in [-0.05, 0) is 31.2 Å². The van der Waals surface area contributed by atoms with Crippen molar-refractivity contribution in [2.45, 2.75) is 19.5 Å². The van der Waals surface area contributed by atoms with Gasteiger partial charge in [0.2, 0.25) is 5.75 Å². The van der Waals surface area contributed by atoms with E-state index in [1.54, 1.807) is 20.1 Å². The summed E-state index contributed by atoms with van der Waals surface area (Å²) in [5.74, 6) is 0.668. The van der Waals surface area contributed by atoms with E-state index >= 15 is 0 Å². The lowest BCUT2D eigenvalue weighted by Crippen LogP contribution is -2.20. The molecule has 0 aliphatic heterocycles. The largest absolute Gasteiger partial charge is 0.493 e. The normalized spacial score (nSPS) is 11.9. The molecule has 0 aromatic heterocycles. The third-order valence-corrected chi connectivity index (χ3v) is 3.81. The number of hydrogen-bond donors (Lipinski definition) is 1. The van der Waals surface area contributed by atoms with Crippen molar-refractivity contribution in [3.8, 4) is 17.2 Å². The first-order chi connectivity index (χ1) is 11.5. The molecule has 0 heterocycles. The van der Waals surface area contributed by atoms with Gasteiger partial charge in [0.05, 0.1) is 21.3 Å². The average molecular weight is 337 g/mol. The predicted octanol–water partition coefficient (Wildman–Crippen LogP) is 3.84. The predicted molar refractivity (Wildman–Crippen MR) is 87.7 cm³/mol. The second-order valence-corrected chi connectivity index (χ2v) is 5.26. The van der Waals surface area contributed by atoms with Crippen molar-refractivity contribution < 1.29 is 23.0 Å². The highest BCUT2D eigenvalue weighted by molar-refractivity contribution is 5.55. The summed E-state index contributed by atoms with van der Waals surface area (Å²) in [4.78, 5) is 0. The van der Waals surface area contributed by atoms with Gasteiger partial charge in [0.15, 0.2) is 11.5 Å². The van der Waals surface area contributed by atoms with Crippen molar-refractivity contribution >= 4 is 0 Å². The first kappa shape index (κ1) is 18.0. The topological polar surface area (TPSA) is 39.7 Å². The van der Waals surface area contributed by atoms with Gasteiger partial charge < -0.3 is 19.5 Å². The van der Waals surface area contributed by atoms with Gasteiger partial charge in [0.1, 0.15) is 11.6 Å². The van der Waals surface area contributed by atoms with Crippen molar-refractivity contribution in [2.75, 3.05) is 21.3 Å². The number of rotatable bonds is 7. The maximum absolute atomic E-state index is 13.8. The molecule has 0 saturated carbocycles. The number of ether oxygens (including phenoxy) is 3. The van der Waals surface area contributed by atoms with E-state index < -0.39 is 11.6 Å². The van der Waals surface area contributed by atoms with Gasteiger partial charge in [0.25, 0.3) is 0 Å². The molecule has 0 unspecified atom stereocenters. The maximum Gasteiger partial charge on any atom is 0.203 e. The fourth-order valence-corrected chi connectivity index (χ4v) is 2.52. The molecule has 0 aliphatic carbocycles. The molecule has 0 radical (unpaired) electrons. The summed E-state index contributed by atoms with van der Waals surface area (Å²) in [7, 11) is 4.61. The highest BCUT2D eigenvalue weighted by Gasteiger charge is 2.17. The Labute approximate surface area is 140 Å². The SMILES string of the molecule is COc1ccc(CN[C@@H](C)c2cc(F)ccc2F)c(OC)c1OC. The van der Waals surface area contributed by atoms with Crippen LogP contribution in [0.5, 0.6) is 17.2 Å². The summed E-state index contributed by atoms with van der Waals surface area (Å²) in [5.41, 5.74) is 1.09. The van der Waals surface area contributed by atoms with Crippen LogP contribution >= 0.6 is 0 Å². The standard InChI is InChI=1S/C18H21F2NO3/c1-11(14-9-13(19)6-7-15(14)20)21-10-12-5-8-16(22-2)18(24-4)17(12)23-3/h5-9,11,21H,10H2,1-4H3/t11-/m0/s1. The molecule has 130 valence electrons. The number of nitrogens with one attached hydrogen (secondary N) is 1. The minimum absolute atomic E-state index is 0.273. The van der Waals surface area contributed by atoms with Gasteiger partial charge in [-0.1, -0.05) is 6.07 Å². The Balaban J connectivity index is 2.21. The summed E-state index contributed by atoms with van der Waals surface area (Å²) < 4.78 is 43.2. The van der Waals surface area contributed by atoms with Crippen LogP contribution in [-0.2, 0) is 6.54 Å². The van der Waals surface area contributed by atoms with E-state index in [0.29, 0.717) is 23.8 Å². The minimum Gasteiger partial charge on any atom is -0.493 e. The molecular formula is C18H21F2NO3. The van der Waals surface area contributed by atoms with E-state index in [4.69, 9.17) is 14.2 Å². The summed E-state index contributed by atoms with van der Waals surface area (Å²) in [5, 5.41) is 3.16. The third kappa shape index (κ3) is 3.76. The molecule has 24 heavy (non-hydrogen) atoms. The lowest BCUT2D eigenvalue weighted by molar-refractivity contribution is 0.321. The maximum atomic E-state index is 13.8. The van der Waals surface area contributed by atoms with Crippen LogP contribution in [-0.4, -0.2) is 21.3 Å². The first-order valence-corrected chi connectivity index (χ1v) is 7.48. The van der Waals surface area contributed by atoms with Gasteiger partial charge in [-0.2, -0.15) is 0 Å². The molecule has 1 atom stereocenters. The van der Waals surface area contributed by atoms with Crippen molar-refractivity contribution in [3.05, 3.63) is 53.1 Å². The van der Waals surface area contributed by atoms with E-state index in [9.17, 15) is 8.78 Å². The van der Waals surface area contributed by atoms with Crippen LogP contribution in [0.25, 0.3) is 0 Å². The fourth-order valence-electron chi connectivity index (χ4n) is 2.52. The summed E-state index contributed by atoms with van der Waals surface area (Å²) in [6.45, 7) is 2.16. The summed E-state index contributed by atoms with van der Waals surface area (Å²) in [6, 6.07) is 6.65. The number of benzene rings is 2. The van der Waals surface area contributed by atoms with Gasteiger partial charge in [0, 0.05) is 23.7 Å². The Morgan fingerprint density at radius 1 is 0.958 bits per heavy atom. The average Bonchev–Trinajstić information content (AvgIpc) is 2.60. The first-order valence-electron chi connectivity index (χ1n) is 7.48. The van der Waals surface area contributed by atoms with Crippen LogP contribution in [0.3, 0.4) is 0 Å². The third-order valence-electron chi connectivity index (χ3n) is 3.81. The zero-order chi connectivity index (χ0) is 17.7. The van der Waals surface area contributed by atoms with Crippen molar-refractivity contribution in [1.29, 1.82) is 0 Å². The lowest BCUT2D eigenvalue weighted by Gasteiger charge is -2.19.